The maximum absolute atomic E-state index is 12.6. The summed E-state index contributed by atoms with van der Waals surface area (Å²) >= 11 is 0. The van der Waals surface area contributed by atoms with E-state index >= 15 is 0 Å². The molecule has 2 unspecified atom stereocenters. The number of hydrogen-bond donors (Lipinski definition) is 2. The fourth-order valence-corrected chi connectivity index (χ4v) is 2.92. The number of aliphatic hydroxyl groups excluding tert-OH is 1. The highest BCUT2D eigenvalue weighted by molar-refractivity contribution is 5.76. The highest BCUT2D eigenvalue weighted by Gasteiger charge is 2.30. The number of benzene rings is 1. The van der Waals surface area contributed by atoms with Gasteiger partial charge in [-0.25, -0.2) is 4.79 Å². The van der Waals surface area contributed by atoms with E-state index in [0.717, 1.165) is 18.4 Å². The number of hydrogen-bond acceptors (Lipinski definition) is 3. The van der Waals surface area contributed by atoms with Crippen LogP contribution in [0, 0.1) is 0 Å². The summed E-state index contributed by atoms with van der Waals surface area (Å²) in [5.74, 6) is 0.694. The third-order valence-electron chi connectivity index (χ3n) is 4.08. The van der Waals surface area contributed by atoms with Gasteiger partial charge in [0.15, 0.2) is 0 Å². The number of urea groups is 1. The Hall–Kier alpha value is -2.27. The molecule has 2 N–H and O–H groups in total. The first-order valence-corrected chi connectivity index (χ1v) is 7.56. The first kappa shape index (κ1) is 14.7. The van der Waals surface area contributed by atoms with Crippen molar-refractivity contribution in [1.82, 2.24) is 10.2 Å². The first-order chi connectivity index (χ1) is 10.8. The number of carbonyl (C=O) groups excluding carboxylic acids is 1. The fourth-order valence-electron chi connectivity index (χ4n) is 2.92. The second kappa shape index (κ2) is 6.66. The van der Waals surface area contributed by atoms with E-state index in [2.05, 4.69) is 5.32 Å². The molecule has 1 aliphatic heterocycles. The van der Waals surface area contributed by atoms with E-state index in [4.69, 9.17) is 4.42 Å². The molecule has 0 radical (unpaired) electrons. The summed E-state index contributed by atoms with van der Waals surface area (Å²) in [5.41, 5.74) is 0.963. The number of nitrogens with one attached hydrogen (secondary N) is 1. The molecule has 0 spiro atoms. The normalized spacial score (nSPS) is 19.1. The zero-order chi connectivity index (χ0) is 15.4. The molecular formula is C17H20N2O3. The van der Waals surface area contributed by atoms with Gasteiger partial charge in [-0.05, 0) is 30.5 Å². The SMILES string of the molecule is O=C(NC(c1ccccc1)c1ccco1)N1CCCC1CO. The van der Waals surface area contributed by atoms with E-state index in [9.17, 15) is 9.90 Å². The largest absolute Gasteiger partial charge is 0.467 e. The van der Waals surface area contributed by atoms with Gasteiger partial charge in [0.1, 0.15) is 11.8 Å². The number of nitrogens with zero attached hydrogens (tertiary/aromatic N) is 1. The molecule has 1 aromatic heterocycles. The molecule has 0 bridgehead atoms. The zero-order valence-corrected chi connectivity index (χ0v) is 12.3. The second-order valence-electron chi connectivity index (χ2n) is 5.48. The minimum Gasteiger partial charge on any atom is -0.467 e. The molecule has 2 aromatic rings. The Morgan fingerprint density at radius 1 is 1.32 bits per heavy atom. The van der Waals surface area contributed by atoms with Crippen LogP contribution >= 0.6 is 0 Å². The standard InChI is InChI=1S/C17H20N2O3/c20-12-14-8-4-10-19(14)17(21)18-16(15-9-5-11-22-15)13-6-2-1-3-7-13/h1-3,5-7,9,11,14,16,20H,4,8,10,12H2,(H,18,21). The minimum absolute atomic E-state index is 0.00414. The predicted molar refractivity (Wildman–Crippen MR) is 82.3 cm³/mol. The van der Waals surface area contributed by atoms with Crippen LogP contribution in [0.2, 0.25) is 0 Å². The lowest BCUT2D eigenvalue weighted by Crippen LogP contribution is -2.45. The Labute approximate surface area is 129 Å². The van der Waals surface area contributed by atoms with Gasteiger partial charge in [0.05, 0.1) is 18.9 Å². The summed E-state index contributed by atoms with van der Waals surface area (Å²) in [6, 6.07) is 12.8. The predicted octanol–water partition coefficient (Wildman–Crippen LogP) is 2.54. The molecule has 5 heteroatoms. The number of carbonyl (C=O) groups is 1. The molecule has 0 aliphatic carbocycles. The third-order valence-corrected chi connectivity index (χ3v) is 4.08. The van der Waals surface area contributed by atoms with Crippen LogP contribution in [0.15, 0.2) is 53.1 Å². The summed E-state index contributed by atoms with van der Waals surface area (Å²) in [4.78, 5) is 14.3. The monoisotopic (exact) mass is 300 g/mol. The van der Waals surface area contributed by atoms with Crippen LogP contribution in [0.25, 0.3) is 0 Å². The average molecular weight is 300 g/mol. The molecule has 2 amide bonds. The van der Waals surface area contributed by atoms with Gasteiger partial charge in [0, 0.05) is 6.54 Å². The Balaban J connectivity index is 1.80. The Morgan fingerprint density at radius 3 is 2.82 bits per heavy atom. The molecule has 1 aromatic carbocycles. The Morgan fingerprint density at radius 2 is 2.14 bits per heavy atom. The van der Waals surface area contributed by atoms with E-state index in [1.54, 1.807) is 11.2 Å². The van der Waals surface area contributed by atoms with Crippen molar-refractivity contribution in [2.24, 2.45) is 0 Å². The number of rotatable bonds is 4. The molecule has 116 valence electrons. The molecule has 3 rings (SSSR count). The van der Waals surface area contributed by atoms with E-state index in [-0.39, 0.29) is 24.7 Å². The van der Waals surface area contributed by atoms with Gasteiger partial charge in [-0.15, -0.1) is 0 Å². The van der Waals surface area contributed by atoms with Crippen LogP contribution in [0.5, 0.6) is 0 Å². The maximum atomic E-state index is 12.6. The fraction of sp³-hybridized carbons (Fsp3) is 0.353. The zero-order valence-electron chi connectivity index (χ0n) is 12.3. The van der Waals surface area contributed by atoms with Crippen LogP contribution in [0.1, 0.15) is 30.2 Å². The van der Waals surface area contributed by atoms with Crippen molar-refractivity contribution < 1.29 is 14.3 Å². The molecule has 5 nitrogen and oxygen atoms in total. The van der Waals surface area contributed by atoms with Crippen molar-refractivity contribution in [3.63, 3.8) is 0 Å². The lowest BCUT2D eigenvalue weighted by molar-refractivity contribution is 0.155. The third kappa shape index (κ3) is 2.99. The number of amides is 2. The summed E-state index contributed by atoms with van der Waals surface area (Å²) < 4.78 is 5.48. The summed E-state index contributed by atoms with van der Waals surface area (Å²) in [7, 11) is 0. The number of aliphatic hydroxyl groups is 1. The highest BCUT2D eigenvalue weighted by atomic mass is 16.3. The van der Waals surface area contributed by atoms with E-state index in [1.165, 1.54) is 0 Å². The summed E-state index contributed by atoms with van der Waals surface area (Å²) in [6.45, 7) is 0.681. The lowest BCUT2D eigenvalue weighted by Gasteiger charge is -2.26. The average Bonchev–Trinajstić information content (AvgIpc) is 3.24. The molecule has 2 heterocycles. The molecular weight excluding hydrogens is 280 g/mol. The van der Waals surface area contributed by atoms with Crippen molar-refractivity contribution in [1.29, 1.82) is 0 Å². The van der Waals surface area contributed by atoms with Crippen molar-refractivity contribution in [3.05, 3.63) is 60.1 Å². The van der Waals surface area contributed by atoms with Crippen molar-refractivity contribution in [3.8, 4) is 0 Å². The smallest absolute Gasteiger partial charge is 0.318 e. The van der Waals surface area contributed by atoms with Crippen LogP contribution in [0.3, 0.4) is 0 Å². The second-order valence-corrected chi connectivity index (χ2v) is 5.48. The van der Waals surface area contributed by atoms with Gasteiger partial charge in [0.2, 0.25) is 0 Å². The van der Waals surface area contributed by atoms with E-state index < -0.39 is 0 Å². The molecule has 1 aliphatic rings. The maximum Gasteiger partial charge on any atom is 0.318 e. The van der Waals surface area contributed by atoms with Crippen molar-refractivity contribution >= 4 is 6.03 Å². The minimum atomic E-state index is -0.330. The lowest BCUT2D eigenvalue weighted by atomic mass is 10.0. The topological polar surface area (TPSA) is 65.7 Å². The van der Waals surface area contributed by atoms with E-state index in [1.807, 2.05) is 42.5 Å². The van der Waals surface area contributed by atoms with Crippen molar-refractivity contribution in [2.75, 3.05) is 13.2 Å². The quantitative estimate of drug-likeness (QED) is 0.912. The van der Waals surface area contributed by atoms with Crippen LogP contribution < -0.4 is 5.32 Å². The molecule has 0 saturated carbocycles. The van der Waals surface area contributed by atoms with Gasteiger partial charge in [0.25, 0.3) is 0 Å². The van der Waals surface area contributed by atoms with Crippen LogP contribution in [-0.2, 0) is 0 Å². The highest BCUT2D eigenvalue weighted by Crippen LogP contribution is 2.24. The van der Waals surface area contributed by atoms with E-state index in [0.29, 0.717) is 12.3 Å². The Kier molecular flexibility index (Phi) is 4.44. The summed E-state index contributed by atoms with van der Waals surface area (Å²) in [6.07, 6.45) is 3.37. The first-order valence-electron chi connectivity index (χ1n) is 7.56. The molecule has 1 fully saturated rings. The molecule has 22 heavy (non-hydrogen) atoms. The van der Waals surface area contributed by atoms with Gasteiger partial charge in [-0.2, -0.15) is 0 Å². The molecule has 1 saturated heterocycles. The number of likely N-dealkylation sites (tertiary alicyclic amines) is 1. The summed E-state index contributed by atoms with van der Waals surface area (Å²) in [5, 5.41) is 12.4. The van der Waals surface area contributed by atoms with Gasteiger partial charge < -0.3 is 19.7 Å². The Bertz CT molecular complexity index is 598. The van der Waals surface area contributed by atoms with Crippen LogP contribution in [-0.4, -0.2) is 35.2 Å². The molecule has 2 atom stereocenters. The van der Waals surface area contributed by atoms with Gasteiger partial charge in [-0.1, -0.05) is 30.3 Å². The van der Waals surface area contributed by atoms with Gasteiger partial charge >= 0.3 is 6.03 Å². The van der Waals surface area contributed by atoms with Crippen LogP contribution in [0.4, 0.5) is 4.79 Å². The van der Waals surface area contributed by atoms with Gasteiger partial charge in [-0.3, -0.25) is 0 Å². The van der Waals surface area contributed by atoms with Crippen molar-refractivity contribution in [2.45, 2.75) is 24.9 Å². The number of furan rings is 1.